The highest BCUT2D eigenvalue weighted by Gasteiger charge is 2.24. The minimum absolute atomic E-state index is 0.429. The predicted molar refractivity (Wildman–Crippen MR) is 90.9 cm³/mol. The van der Waals surface area contributed by atoms with E-state index in [1.54, 1.807) is 0 Å². The van der Waals surface area contributed by atoms with Gasteiger partial charge >= 0.3 is 0 Å². The summed E-state index contributed by atoms with van der Waals surface area (Å²) in [6.45, 7) is 5.04. The van der Waals surface area contributed by atoms with Crippen molar-refractivity contribution in [3.63, 3.8) is 0 Å². The van der Waals surface area contributed by atoms with E-state index in [2.05, 4.69) is 21.0 Å². The number of ether oxygens (including phenoxy) is 1. The average molecular weight is 314 g/mol. The quantitative estimate of drug-likeness (QED) is 0.869. The fourth-order valence-electron chi connectivity index (χ4n) is 3.96. The zero-order chi connectivity index (χ0) is 15.6. The molecule has 1 aliphatic heterocycles. The third kappa shape index (κ3) is 3.20. The first kappa shape index (κ1) is 14.9. The normalized spacial score (nSPS) is 20.7. The molecular weight excluding hydrogens is 288 g/mol. The molecule has 5 heteroatoms. The lowest BCUT2D eigenvalue weighted by Crippen LogP contribution is -2.38. The highest BCUT2D eigenvalue weighted by atomic mass is 16.5. The first-order valence-corrected chi connectivity index (χ1v) is 8.97. The monoisotopic (exact) mass is 314 g/mol. The summed E-state index contributed by atoms with van der Waals surface area (Å²) < 4.78 is 8.11. The van der Waals surface area contributed by atoms with E-state index in [9.17, 15) is 0 Å². The fourth-order valence-corrected chi connectivity index (χ4v) is 3.96. The Morgan fingerprint density at radius 3 is 2.74 bits per heavy atom. The van der Waals surface area contributed by atoms with Crippen LogP contribution in [-0.2, 0) is 4.74 Å². The maximum atomic E-state index is 6.18. The van der Waals surface area contributed by atoms with Crippen molar-refractivity contribution in [2.24, 2.45) is 5.92 Å². The van der Waals surface area contributed by atoms with Crippen LogP contribution >= 0.6 is 0 Å². The van der Waals surface area contributed by atoms with Crippen molar-refractivity contribution in [3.05, 3.63) is 24.2 Å². The van der Waals surface area contributed by atoms with Crippen LogP contribution in [0.3, 0.4) is 0 Å². The number of aromatic nitrogens is 3. The number of piperidine rings is 1. The third-order valence-corrected chi connectivity index (χ3v) is 5.28. The minimum Gasteiger partial charge on any atom is -0.378 e. The van der Waals surface area contributed by atoms with Gasteiger partial charge in [0.1, 0.15) is 5.52 Å². The molecule has 1 saturated heterocycles. The zero-order valence-electron chi connectivity index (χ0n) is 13.9. The average Bonchev–Trinajstić information content (AvgIpc) is 3.21. The Morgan fingerprint density at radius 2 is 1.96 bits per heavy atom. The van der Waals surface area contributed by atoms with E-state index in [1.165, 1.54) is 25.7 Å². The molecule has 2 fully saturated rings. The topological polar surface area (TPSA) is 42.7 Å². The Morgan fingerprint density at radius 1 is 1.17 bits per heavy atom. The lowest BCUT2D eigenvalue weighted by molar-refractivity contribution is 0.0164. The van der Waals surface area contributed by atoms with E-state index in [1.807, 2.05) is 23.8 Å². The lowest BCUT2D eigenvalue weighted by Gasteiger charge is -2.33. The summed E-state index contributed by atoms with van der Waals surface area (Å²) in [6, 6.07) is 2.12. The standard InChI is InChI=1S/C18H26N4O/c1-14-12-17-18(19-8-11-22(17)20-14)21-9-6-16(7-10-21)23-13-15-4-2-3-5-15/h8,11-12,15-16H,2-7,9-10,13H2,1H3. The molecule has 0 aromatic carbocycles. The number of anilines is 1. The van der Waals surface area contributed by atoms with E-state index >= 15 is 0 Å². The summed E-state index contributed by atoms with van der Waals surface area (Å²) in [5, 5.41) is 4.48. The van der Waals surface area contributed by atoms with Gasteiger partial charge < -0.3 is 9.64 Å². The second-order valence-electron chi connectivity index (χ2n) is 7.04. The van der Waals surface area contributed by atoms with Gasteiger partial charge in [-0.3, -0.25) is 0 Å². The molecule has 5 nitrogen and oxygen atoms in total. The smallest absolute Gasteiger partial charge is 0.154 e. The van der Waals surface area contributed by atoms with Crippen LogP contribution in [0, 0.1) is 12.8 Å². The van der Waals surface area contributed by atoms with Gasteiger partial charge in [-0.25, -0.2) is 9.50 Å². The molecule has 4 rings (SSSR count). The molecular formula is C18H26N4O. The summed E-state index contributed by atoms with van der Waals surface area (Å²) in [6.07, 6.45) is 11.9. The zero-order valence-corrected chi connectivity index (χ0v) is 13.9. The molecule has 2 aromatic heterocycles. The van der Waals surface area contributed by atoms with Crippen molar-refractivity contribution >= 4 is 11.3 Å². The van der Waals surface area contributed by atoms with Crippen molar-refractivity contribution in [2.45, 2.75) is 51.6 Å². The fraction of sp³-hybridized carbons (Fsp3) is 0.667. The third-order valence-electron chi connectivity index (χ3n) is 5.28. The second kappa shape index (κ2) is 6.48. The number of hydrogen-bond acceptors (Lipinski definition) is 4. The Labute approximate surface area is 137 Å². The van der Waals surface area contributed by atoms with Crippen LogP contribution in [0.5, 0.6) is 0 Å². The van der Waals surface area contributed by atoms with Crippen molar-refractivity contribution in [3.8, 4) is 0 Å². The molecule has 0 spiro atoms. The summed E-state index contributed by atoms with van der Waals surface area (Å²) in [5.74, 6) is 1.88. The van der Waals surface area contributed by atoms with Gasteiger partial charge in [-0.05, 0) is 44.6 Å². The molecule has 124 valence electrons. The SMILES string of the molecule is Cc1cc2c(N3CCC(OCC4CCCC4)CC3)nccn2n1. The molecule has 2 aromatic rings. The van der Waals surface area contributed by atoms with Crippen molar-refractivity contribution in [1.82, 2.24) is 14.6 Å². The molecule has 0 unspecified atom stereocenters. The van der Waals surface area contributed by atoms with Crippen molar-refractivity contribution in [2.75, 3.05) is 24.6 Å². The molecule has 0 amide bonds. The van der Waals surface area contributed by atoms with Gasteiger partial charge in [-0.1, -0.05) is 12.8 Å². The van der Waals surface area contributed by atoms with E-state index in [4.69, 9.17) is 4.74 Å². The van der Waals surface area contributed by atoms with E-state index < -0.39 is 0 Å². The maximum absolute atomic E-state index is 6.18. The van der Waals surface area contributed by atoms with Gasteiger partial charge in [0.15, 0.2) is 5.82 Å². The predicted octanol–water partition coefficient (Wildman–Crippen LogP) is 3.21. The first-order valence-electron chi connectivity index (χ1n) is 8.97. The van der Waals surface area contributed by atoms with E-state index in [0.29, 0.717) is 6.10 Å². The van der Waals surface area contributed by atoms with Crippen molar-refractivity contribution in [1.29, 1.82) is 0 Å². The van der Waals surface area contributed by atoms with Gasteiger partial charge in [0.05, 0.1) is 11.8 Å². The second-order valence-corrected chi connectivity index (χ2v) is 7.04. The number of nitrogens with zero attached hydrogens (tertiary/aromatic N) is 4. The Kier molecular flexibility index (Phi) is 4.21. The molecule has 2 aliphatic rings. The van der Waals surface area contributed by atoms with Crippen molar-refractivity contribution < 1.29 is 4.74 Å². The van der Waals surface area contributed by atoms with Crippen LogP contribution in [0.4, 0.5) is 5.82 Å². The van der Waals surface area contributed by atoms with E-state index in [-0.39, 0.29) is 0 Å². The lowest BCUT2D eigenvalue weighted by atomic mass is 10.1. The summed E-state index contributed by atoms with van der Waals surface area (Å²) >= 11 is 0. The molecule has 1 saturated carbocycles. The van der Waals surface area contributed by atoms with Gasteiger partial charge in [-0.2, -0.15) is 5.10 Å². The number of hydrogen-bond donors (Lipinski definition) is 0. The minimum atomic E-state index is 0.429. The van der Waals surface area contributed by atoms with Gasteiger partial charge in [0.2, 0.25) is 0 Å². The highest BCUT2D eigenvalue weighted by molar-refractivity contribution is 5.69. The summed E-state index contributed by atoms with van der Waals surface area (Å²) in [7, 11) is 0. The molecule has 3 heterocycles. The van der Waals surface area contributed by atoms with Crippen LogP contribution in [0.1, 0.15) is 44.2 Å². The molecule has 0 bridgehead atoms. The van der Waals surface area contributed by atoms with Crippen LogP contribution in [-0.4, -0.2) is 40.4 Å². The molecule has 0 radical (unpaired) electrons. The molecule has 1 aliphatic carbocycles. The number of fused-ring (bicyclic) bond motifs is 1. The van der Waals surface area contributed by atoms with Gasteiger partial charge in [0, 0.05) is 32.1 Å². The van der Waals surface area contributed by atoms with E-state index in [0.717, 1.165) is 55.5 Å². The molecule has 0 N–H and O–H groups in total. The Hall–Kier alpha value is -1.62. The van der Waals surface area contributed by atoms with Crippen LogP contribution < -0.4 is 4.90 Å². The first-order chi connectivity index (χ1) is 11.3. The molecule has 0 atom stereocenters. The van der Waals surface area contributed by atoms with Gasteiger partial charge in [-0.15, -0.1) is 0 Å². The van der Waals surface area contributed by atoms with Gasteiger partial charge in [0.25, 0.3) is 0 Å². The summed E-state index contributed by atoms with van der Waals surface area (Å²) in [5.41, 5.74) is 2.14. The molecule has 23 heavy (non-hydrogen) atoms. The summed E-state index contributed by atoms with van der Waals surface area (Å²) in [4.78, 5) is 6.98. The van der Waals surface area contributed by atoms with Crippen LogP contribution in [0.2, 0.25) is 0 Å². The number of rotatable bonds is 4. The van der Waals surface area contributed by atoms with Crippen LogP contribution in [0.25, 0.3) is 5.52 Å². The Balaban J connectivity index is 1.36. The van der Waals surface area contributed by atoms with Crippen LogP contribution in [0.15, 0.2) is 18.5 Å². The highest BCUT2D eigenvalue weighted by Crippen LogP contribution is 2.27. The maximum Gasteiger partial charge on any atom is 0.154 e. The largest absolute Gasteiger partial charge is 0.378 e. The number of aryl methyl sites for hydroxylation is 1. The Bertz CT molecular complexity index is 654.